The molecule has 1 aromatic carbocycles. The summed E-state index contributed by atoms with van der Waals surface area (Å²) in [6.45, 7) is 4.52. The highest BCUT2D eigenvalue weighted by atomic mass is 32.2. The number of benzene rings is 1. The first-order valence-corrected chi connectivity index (χ1v) is 9.06. The Balaban J connectivity index is 2.08. The number of carbonyl (C=O) groups excluding carboxylic acids is 1. The molecule has 0 aliphatic heterocycles. The van der Waals surface area contributed by atoms with Crippen LogP contribution in [-0.2, 0) is 10.0 Å². The van der Waals surface area contributed by atoms with Gasteiger partial charge in [-0.05, 0) is 18.1 Å². The first-order valence-electron chi connectivity index (χ1n) is 6.70. The van der Waals surface area contributed by atoms with Gasteiger partial charge in [-0.3, -0.25) is 9.52 Å². The minimum Gasteiger partial charge on any atom is -0.350 e. The van der Waals surface area contributed by atoms with E-state index in [0.29, 0.717) is 12.5 Å². The van der Waals surface area contributed by atoms with Crippen LogP contribution in [0.3, 0.4) is 0 Å². The number of nitrogens with one attached hydrogen (secondary N) is 2. The van der Waals surface area contributed by atoms with Crippen LogP contribution in [0.2, 0.25) is 0 Å². The smallest absolute Gasteiger partial charge is 0.270 e. The van der Waals surface area contributed by atoms with Gasteiger partial charge < -0.3 is 5.32 Å². The van der Waals surface area contributed by atoms with E-state index in [9.17, 15) is 13.2 Å². The lowest BCUT2D eigenvalue weighted by Crippen LogP contribution is -2.27. The number of sulfonamides is 1. The molecule has 0 bridgehead atoms. The average Bonchev–Trinajstić information content (AvgIpc) is 2.93. The highest BCUT2D eigenvalue weighted by molar-refractivity contribution is 7.93. The summed E-state index contributed by atoms with van der Waals surface area (Å²) < 4.78 is 26.7. The summed E-state index contributed by atoms with van der Waals surface area (Å²) in [5.74, 6) is 0.0220. The van der Waals surface area contributed by atoms with Gasteiger partial charge >= 0.3 is 0 Å². The Hall–Kier alpha value is -1.93. The van der Waals surface area contributed by atoms with Gasteiger partial charge in [0.05, 0.1) is 4.90 Å². The molecule has 1 heterocycles. The third-order valence-electron chi connectivity index (χ3n) is 2.68. The normalized spacial score (nSPS) is 11.4. The van der Waals surface area contributed by atoms with Crippen molar-refractivity contribution in [3.8, 4) is 0 Å². The molecule has 0 spiro atoms. The molecule has 22 heavy (non-hydrogen) atoms. The Kier molecular flexibility index (Phi) is 5.15. The predicted molar refractivity (Wildman–Crippen MR) is 86.5 cm³/mol. The van der Waals surface area contributed by atoms with E-state index in [1.807, 2.05) is 13.8 Å². The van der Waals surface area contributed by atoms with Crippen LogP contribution in [0.25, 0.3) is 0 Å². The van der Waals surface area contributed by atoms with Crippen LogP contribution in [0.1, 0.15) is 24.3 Å². The Morgan fingerprint density at radius 2 is 1.95 bits per heavy atom. The van der Waals surface area contributed by atoms with Gasteiger partial charge in [-0.25, -0.2) is 13.4 Å². The molecule has 0 fully saturated rings. The highest BCUT2D eigenvalue weighted by Crippen LogP contribution is 2.20. The van der Waals surface area contributed by atoms with Crippen molar-refractivity contribution in [3.63, 3.8) is 0 Å². The van der Waals surface area contributed by atoms with E-state index in [1.165, 1.54) is 17.5 Å². The molecule has 0 radical (unpaired) electrons. The van der Waals surface area contributed by atoms with Crippen LogP contribution in [0.5, 0.6) is 0 Å². The van der Waals surface area contributed by atoms with Gasteiger partial charge in [0.2, 0.25) is 0 Å². The molecule has 0 unspecified atom stereocenters. The average molecular weight is 339 g/mol. The second-order valence-electron chi connectivity index (χ2n) is 5.06. The molecule has 0 saturated carbocycles. The first kappa shape index (κ1) is 16.4. The lowest BCUT2D eigenvalue weighted by atomic mass is 10.2. The summed E-state index contributed by atoms with van der Waals surface area (Å²) in [6.07, 6.45) is 0. The maximum absolute atomic E-state index is 12.2. The maximum Gasteiger partial charge on any atom is 0.270 e. The van der Waals surface area contributed by atoms with Crippen molar-refractivity contribution in [2.75, 3.05) is 11.3 Å². The molecule has 0 aliphatic rings. The van der Waals surface area contributed by atoms with E-state index in [1.54, 1.807) is 18.2 Å². The number of nitrogens with zero attached hydrogens (tertiary/aromatic N) is 1. The number of amides is 1. The fourth-order valence-electron chi connectivity index (χ4n) is 1.59. The molecule has 118 valence electrons. The molecule has 1 amide bonds. The summed E-state index contributed by atoms with van der Waals surface area (Å²) in [5.41, 5.74) is 0.205. The Morgan fingerprint density at radius 3 is 2.59 bits per heavy atom. The molecule has 2 N–H and O–H groups in total. The van der Waals surface area contributed by atoms with E-state index in [4.69, 9.17) is 0 Å². The van der Waals surface area contributed by atoms with Crippen molar-refractivity contribution in [2.24, 2.45) is 5.92 Å². The fraction of sp³-hybridized carbons (Fsp3) is 0.286. The van der Waals surface area contributed by atoms with Crippen LogP contribution in [0, 0.1) is 5.92 Å². The van der Waals surface area contributed by atoms with Crippen molar-refractivity contribution < 1.29 is 13.2 Å². The third-order valence-corrected chi connectivity index (χ3v) is 4.92. The number of thiazole rings is 1. The number of aromatic nitrogens is 1. The monoisotopic (exact) mass is 339 g/mol. The van der Waals surface area contributed by atoms with Crippen LogP contribution >= 0.6 is 11.3 Å². The molecule has 0 atom stereocenters. The number of hydrogen-bond donors (Lipinski definition) is 2. The van der Waals surface area contributed by atoms with Gasteiger partial charge in [0.1, 0.15) is 5.69 Å². The van der Waals surface area contributed by atoms with E-state index in [0.717, 1.165) is 11.3 Å². The summed E-state index contributed by atoms with van der Waals surface area (Å²) in [4.78, 5) is 16.0. The van der Waals surface area contributed by atoms with Gasteiger partial charge in [0, 0.05) is 11.9 Å². The van der Waals surface area contributed by atoms with Crippen LogP contribution in [-0.4, -0.2) is 25.9 Å². The van der Waals surface area contributed by atoms with Gasteiger partial charge in [-0.2, -0.15) is 0 Å². The summed E-state index contributed by atoms with van der Waals surface area (Å²) in [6, 6.07) is 8.00. The minimum atomic E-state index is -3.69. The topological polar surface area (TPSA) is 88.2 Å². The second-order valence-corrected chi connectivity index (χ2v) is 7.60. The first-order chi connectivity index (χ1) is 10.4. The zero-order valence-electron chi connectivity index (χ0n) is 12.2. The SMILES string of the molecule is CC(C)CNC(=O)c1csc(NS(=O)(=O)c2ccccc2)n1. The summed E-state index contributed by atoms with van der Waals surface area (Å²) in [5, 5.41) is 4.43. The fourth-order valence-corrected chi connectivity index (χ4v) is 3.55. The summed E-state index contributed by atoms with van der Waals surface area (Å²) in [7, 11) is -3.69. The molecular weight excluding hydrogens is 322 g/mol. The maximum atomic E-state index is 12.2. The minimum absolute atomic E-state index is 0.149. The number of carbonyl (C=O) groups is 1. The highest BCUT2D eigenvalue weighted by Gasteiger charge is 2.17. The van der Waals surface area contributed by atoms with Crippen molar-refractivity contribution in [2.45, 2.75) is 18.7 Å². The molecule has 1 aromatic heterocycles. The molecule has 2 aromatic rings. The molecule has 6 nitrogen and oxygen atoms in total. The number of rotatable bonds is 6. The zero-order valence-corrected chi connectivity index (χ0v) is 13.9. The number of anilines is 1. The van der Waals surface area contributed by atoms with Crippen LogP contribution < -0.4 is 10.0 Å². The van der Waals surface area contributed by atoms with Crippen LogP contribution in [0.15, 0.2) is 40.6 Å². The molecule has 0 aliphatic carbocycles. The van der Waals surface area contributed by atoms with E-state index in [2.05, 4.69) is 15.0 Å². The molecule has 8 heteroatoms. The van der Waals surface area contributed by atoms with Gasteiger partial charge in [0.25, 0.3) is 15.9 Å². The predicted octanol–water partition coefficient (Wildman–Crippen LogP) is 2.33. The zero-order chi connectivity index (χ0) is 16.2. The summed E-state index contributed by atoms with van der Waals surface area (Å²) >= 11 is 1.07. The van der Waals surface area contributed by atoms with Gasteiger partial charge in [-0.15, -0.1) is 11.3 Å². The second kappa shape index (κ2) is 6.89. The van der Waals surface area contributed by atoms with Crippen molar-refractivity contribution in [1.82, 2.24) is 10.3 Å². The van der Waals surface area contributed by atoms with Crippen LogP contribution in [0.4, 0.5) is 5.13 Å². The van der Waals surface area contributed by atoms with Gasteiger partial charge in [-0.1, -0.05) is 32.0 Å². The largest absolute Gasteiger partial charge is 0.350 e. The van der Waals surface area contributed by atoms with E-state index < -0.39 is 10.0 Å². The van der Waals surface area contributed by atoms with E-state index >= 15 is 0 Å². The molecular formula is C14H17N3O3S2. The quantitative estimate of drug-likeness (QED) is 0.845. The van der Waals surface area contributed by atoms with E-state index in [-0.39, 0.29) is 21.6 Å². The lowest BCUT2D eigenvalue weighted by Gasteiger charge is -2.05. The Labute approximate surface area is 133 Å². The Bertz CT molecular complexity index is 740. The number of hydrogen-bond acceptors (Lipinski definition) is 5. The van der Waals surface area contributed by atoms with Crippen molar-refractivity contribution in [1.29, 1.82) is 0 Å². The standard InChI is InChI=1S/C14H17N3O3S2/c1-10(2)8-15-13(18)12-9-21-14(16-12)17-22(19,20)11-6-4-3-5-7-11/h3-7,9-10H,8H2,1-2H3,(H,15,18)(H,16,17). The van der Waals surface area contributed by atoms with Gasteiger partial charge in [0.15, 0.2) is 5.13 Å². The molecule has 2 rings (SSSR count). The lowest BCUT2D eigenvalue weighted by molar-refractivity contribution is 0.0945. The van der Waals surface area contributed by atoms with Crippen molar-refractivity contribution in [3.05, 3.63) is 41.4 Å². The third kappa shape index (κ3) is 4.28. The Morgan fingerprint density at radius 1 is 1.27 bits per heavy atom. The van der Waals surface area contributed by atoms with Crippen molar-refractivity contribution >= 4 is 32.4 Å². The molecule has 0 saturated heterocycles.